The van der Waals surface area contributed by atoms with Crippen molar-refractivity contribution < 1.29 is 14.1 Å². The van der Waals surface area contributed by atoms with E-state index in [4.69, 9.17) is 9.26 Å². The van der Waals surface area contributed by atoms with Gasteiger partial charge in [0.1, 0.15) is 0 Å². The minimum atomic E-state index is -0.787. The lowest BCUT2D eigenvalue weighted by atomic mass is 9.92. The maximum atomic E-state index is 12.6. The van der Waals surface area contributed by atoms with Crippen LogP contribution in [0.2, 0.25) is 0 Å². The Morgan fingerprint density at radius 3 is 2.52 bits per heavy atom. The van der Waals surface area contributed by atoms with Crippen LogP contribution in [0.25, 0.3) is 0 Å². The van der Waals surface area contributed by atoms with Gasteiger partial charge in [0.05, 0.1) is 0 Å². The topological polar surface area (TPSA) is 93.9 Å². The van der Waals surface area contributed by atoms with Gasteiger partial charge in [0.2, 0.25) is 6.10 Å². The molecule has 0 spiro atoms. The standard InChI is InChI=1S/C18H20N4O3/c1-11-19-16(25-22-11)15(12-8-6-5-7-9-12)24-17(23)13-10-14(21-20-13)18(2,3)4/h5-10,15H,1-4H3,(H,20,21). The molecule has 0 bridgehead atoms. The van der Waals surface area contributed by atoms with Crippen molar-refractivity contribution in [2.75, 3.05) is 0 Å². The fraction of sp³-hybridized carbons (Fsp3) is 0.333. The molecule has 0 fully saturated rings. The van der Waals surface area contributed by atoms with Crippen LogP contribution in [0.1, 0.15) is 60.3 Å². The molecule has 3 aromatic rings. The number of H-pyrrole nitrogens is 1. The van der Waals surface area contributed by atoms with Crippen molar-refractivity contribution in [1.82, 2.24) is 20.3 Å². The number of carbonyl (C=O) groups excluding carboxylic acids is 1. The van der Waals surface area contributed by atoms with Crippen molar-refractivity contribution in [3.8, 4) is 0 Å². The summed E-state index contributed by atoms with van der Waals surface area (Å²) in [6.07, 6.45) is -0.787. The molecule has 7 heteroatoms. The number of benzene rings is 1. The first-order valence-corrected chi connectivity index (χ1v) is 7.96. The maximum Gasteiger partial charge on any atom is 0.359 e. The summed E-state index contributed by atoms with van der Waals surface area (Å²) in [4.78, 5) is 16.7. The lowest BCUT2D eigenvalue weighted by Gasteiger charge is -2.15. The second-order valence-corrected chi connectivity index (χ2v) is 6.79. The Kier molecular flexibility index (Phi) is 4.39. The number of hydrogen-bond acceptors (Lipinski definition) is 6. The number of nitrogens with zero attached hydrogens (tertiary/aromatic N) is 3. The Balaban J connectivity index is 1.88. The van der Waals surface area contributed by atoms with Crippen LogP contribution < -0.4 is 0 Å². The summed E-state index contributed by atoms with van der Waals surface area (Å²) in [5.74, 6) is 0.141. The van der Waals surface area contributed by atoms with E-state index in [1.807, 2.05) is 51.1 Å². The number of nitrogens with one attached hydrogen (secondary N) is 1. The van der Waals surface area contributed by atoms with Gasteiger partial charge in [0, 0.05) is 16.7 Å². The Labute approximate surface area is 145 Å². The Morgan fingerprint density at radius 2 is 1.96 bits per heavy atom. The van der Waals surface area contributed by atoms with Gasteiger partial charge in [-0.1, -0.05) is 56.3 Å². The average molecular weight is 340 g/mol. The SMILES string of the molecule is Cc1noc(C(OC(=O)c2cc(C(C)(C)C)[nH]n2)c2ccccc2)n1. The van der Waals surface area contributed by atoms with Crippen LogP contribution >= 0.6 is 0 Å². The second kappa shape index (κ2) is 6.51. The average Bonchev–Trinajstić information content (AvgIpc) is 3.22. The van der Waals surface area contributed by atoms with E-state index >= 15 is 0 Å². The first-order chi connectivity index (χ1) is 11.8. The quantitative estimate of drug-likeness (QED) is 0.732. The van der Waals surface area contributed by atoms with Gasteiger partial charge < -0.3 is 9.26 Å². The molecule has 7 nitrogen and oxygen atoms in total. The van der Waals surface area contributed by atoms with Gasteiger partial charge in [-0.05, 0) is 13.0 Å². The first-order valence-electron chi connectivity index (χ1n) is 7.96. The molecule has 0 aliphatic carbocycles. The molecule has 130 valence electrons. The molecule has 1 aromatic carbocycles. The molecule has 2 heterocycles. The normalized spacial score (nSPS) is 12.8. The highest BCUT2D eigenvalue weighted by molar-refractivity contribution is 5.87. The monoisotopic (exact) mass is 340 g/mol. The predicted octanol–water partition coefficient (Wildman–Crippen LogP) is 3.35. The lowest BCUT2D eigenvalue weighted by Crippen LogP contribution is -2.14. The van der Waals surface area contributed by atoms with Crippen LogP contribution in [-0.4, -0.2) is 26.3 Å². The Hall–Kier alpha value is -2.96. The first kappa shape index (κ1) is 16.9. The summed E-state index contributed by atoms with van der Waals surface area (Å²) in [5.41, 5.74) is 1.66. The van der Waals surface area contributed by atoms with E-state index in [-0.39, 0.29) is 17.0 Å². The smallest absolute Gasteiger partial charge is 0.359 e. The zero-order valence-corrected chi connectivity index (χ0v) is 14.6. The zero-order valence-electron chi connectivity index (χ0n) is 14.6. The Bertz CT molecular complexity index is 862. The van der Waals surface area contributed by atoms with Gasteiger partial charge >= 0.3 is 5.97 Å². The van der Waals surface area contributed by atoms with E-state index < -0.39 is 12.1 Å². The molecule has 0 saturated carbocycles. The third-order valence-electron chi connectivity index (χ3n) is 3.69. The van der Waals surface area contributed by atoms with Crippen molar-refractivity contribution >= 4 is 5.97 Å². The van der Waals surface area contributed by atoms with Crippen LogP contribution in [0.4, 0.5) is 0 Å². The summed E-state index contributed by atoms with van der Waals surface area (Å²) >= 11 is 0. The van der Waals surface area contributed by atoms with Gasteiger partial charge in [-0.15, -0.1) is 0 Å². The summed E-state index contributed by atoms with van der Waals surface area (Å²) < 4.78 is 10.8. The van der Waals surface area contributed by atoms with Crippen molar-refractivity contribution in [2.45, 2.75) is 39.2 Å². The number of rotatable bonds is 4. The van der Waals surface area contributed by atoms with Crippen molar-refractivity contribution in [2.24, 2.45) is 0 Å². The minimum absolute atomic E-state index is 0.145. The predicted molar refractivity (Wildman–Crippen MR) is 90.0 cm³/mol. The van der Waals surface area contributed by atoms with E-state index in [1.54, 1.807) is 13.0 Å². The molecule has 2 aromatic heterocycles. The van der Waals surface area contributed by atoms with E-state index in [0.717, 1.165) is 11.3 Å². The number of esters is 1. The molecule has 1 unspecified atom stereocenters. The fourth-order valence-electron chi connectivity index (χ4n) is 2.29. The van der Waals surface area contributed by atoms with Gasteiger partial charge in [0.25, 0.3) is 5.89 Å². The summed E-state index contributed by atoms with van der Waals surface area (Å²) in [6, 6.07) is 11.0. The molecule has 0 saturated heterocycles. The van der Waals surface area contributed by atoms with Gasteiger partial charge in [-0.2, -0.15) is 10.1 Å². The number of aromatic amines is 1. The Morgan fingerprint density at radius 1 is 1.24 bits per heavy atom. The van der Waals surface area contributed by atoms with E-state index in [1.165, 1.54) is 0 Å². The number of ether oxygens (including phenoxy) is 1. The largest absolute Gasteiger partial charge is 0.442 e. The van der Waals surface area contributed by atoms with E-state index in [9.17, 15) is 4.79 Å². The molecule has 1 atom stereocenters. The minimum Gasteiger partial charge on any atom is -0.442 e. The molecular formula is C18H20N4O3. The summed E-state index contributed by atoms with van der Waals surface area (Å²) in [7, 11) is 0. The second-order valence-electron chi connectivity index (χ2n) is 6.79. The molecule has 1 N–H and O–H groups in total. The molecule has 0 aliphatic heterocycles. The zero-order chi connectivity index (χ0) is 18.0. The van der Waals surface area contributed by atoms with Crippen LogP contribution in [0.5, 0.6) is 0 Å². The lowest BCUT2D eigenvalue weighted by molar-refractivity contribution is 0.0308. The van der Waals surface area contributed by atoms with Gasteiger partial charge in [-0.25, -0.2) is 4.79 Å². The highest BCUT2D eigenvalue weighted by atomic mass is 16.6. The van der Waals surface area contributed by atoms with Crippen LogP contribution in [0.15, 0.2) is 40.9 Å². The molecule has 0 radical (unpaired) electrons. The summed E-state index contributed by atoms with van der Waals surface area (Å²) in [6.45, 7) is 7.80. The van der Waals surface area contributed by atoms with Crippen LogP contribution in [-0.2, 0) is 10.2 Å². The van der Waals surface area contributed by atoms with Crippen LogP contribution in [0.3, 0.4) is 0 Å². The number of aromatic nitrogens is 4. The number of carbonyl (C=O) groups is 1. The number of hydrogen-bond donors (Lipinski definition) is 1. The van der Waals surface area contributed by atoms with Crippen molar-refractivity contribution in [3.63, 3.8) is 0 Å². The highest BCUT2D eigenvalue weighted by Gasteiger charge is 2.27. The molecule has 3 rings (SSSR count). The highest BCUT2D eigenvalue weighted by Crippen LogP contribution is 2.26. The van der Waals surface area contributed by atoms with Gasteiger partial charge in [-0.3, -0.25) is 5.10 Å². The molecule has 0 amide bonds. The number of aryl methyl sites for hydroxylation is 1. The third-order valence-corrected chi connectivity index (χ3v) is 3.69. The molecule has 25 heavy (non-hydrogen) atoms. The third kappa shape index (κ3) is 3.76. The van der Waals surface area contributed by atoms with E-state index in [2.05, 4.69) is 20.3 Å². The van der Waals surface area contributed by atoms with E-state index in [0.29, 0.717) is 5.82 Å². The molecular weight excluding hydrogens is 320 g/mol. The maximum absolute atomic E-state index is 12.6. The summed E-state index contributed by atoms with van der Waals surface area (Å²) in [5, 5.41) is 10.7. The van der Waals surface area contributed by atoms with Crippen molar-refractivity contribution in [1.29, 1.82) is 0 Å². The van der Waals surface area contributed by atoms with Crippen LogP contribution in [0, 0.1) is 6.92 Å². The van der Waals surface area contributed by atoms with Crippen molar-refractivity contribution in [3.05, 3.63) is 65.1 Å². The molecule has 0 aliphatic rings. The fourth-order valence-corrected chi connectivity index (χ4v) is 2.29. The van der Waals surface area contributed by atoms with Gasteiger partial charge in [0.15, 0.2) is 11.5 Å².